The lowest BCUT2D eigenvalue weighted by molar-refractivity contribution is 0.101. The molecule has 0 aliphatic carbocycles. The zero-order chi connectivity index (χ0) is 18.6. The van der Waals surface area contributed by atoms with Gasteiger partial charge in [-0.05, 0) is 51.4 Å². The molecule has 0 fully saturated rings. The number of benzene rings is 2. The van der Waals surface area contributed by atoms with Gasteiger partial charge in [-0.25, -0.2) is 8.78 Å². The second-order valence-corrected chi connectivity index (χ2v) is 5.92. The largest absolute Gasteiger partial charge is 0.382 e. The molecule has 0 heterocycles. The van der Waals surface area contributed by atoms with Gasteiger partial charge < -0.3 is 10.2 Å². The standard InChI is InChI=1S/C19H19F2N3O/c1-12(25)14-8-7-13(10-22)9-17(14)23-11-18(24(2)3)19-15(20)5-4-6-16(19)21/h4-9,18,23H,11H2,1-3H3. The van der Waals surface area contributed by atoms with Crippen molar-refractivity contribution in [3.8, 4) is 6.07 Å². The Morgan fingerprint density at radius 3 is 2.40 bits per heavy atom. The molecule has 6 heteroatoms. The maximum atomic E-state index is 14.1. The first kappa shape index (κ1) is 18.6. The minimum absolute atomic E-state index is 0.0409. The SMILES string of the molecule is CC(=O)c1ccc(C#N)cc1NCC(c1c(F)cccc1F)N(C)C. The summed E-state index contributed by atoms with van der Waals surface area (Å²) in [5.41, 5.74) is 1.24. The number of likely N-dealkylation sites (N-methyl/N-ethyl adjacent to an activating group) is 1. The number of hydrogen-bond donors (Lipinski definition) is 1. The third-order valence-electron chi connectivity index (χ3n) is 3.97. The molecule has 2 rings (SSSR count). The van der Waals surface area contributed by atoms with E-state index in [1.807, 2.05) is 6.07 Å². The third kappa shape index (κ3) is 4.20. The number of nitriles is 1. The van der Waals surface area contributed by atoms with E-state index in [2.05, 4.69) is 5.32 Å². The van der Waals surface area contributed by atoms with Crippen LogP contribution < -0.4 is 5.32 Å². The molecule has 1 N–H and O–H groups in total. The molecule has 0 bridgehead atoms. The van der Waals surface area contributed by atoms with Crippen LogP contribution in [0, 0.1) is 23.0 Å². The molecular weight excluding hydrogens is 324 g/mol. The minimum Gasteiger partial charge on any atom is -0.382 e. The predicted molar refractivity (Wildman–Crippen MR) is 92.4 cm³/mol. The molecule has 25 heavy (non-hydrogen) atoms. The van der Waals surface area contributed by atoms with Crippen molar-refractivity contribution in [3.05, 3.63) is 64.7 Å². The van der Waals surface area contributed by atoms with Crippen LogP contribution in [-0.4, -0.2) is 31.3 Å². The second kappa shape index (κ2) is 7.86. The summed E-state index contributed by atoms with van der Waals surface area (Å²) in [5, 5.41) is 12.1. The van der Waals surface area contributed by atoms with Crippen LogP contribution in [0.4, 0.5) is 14.5 Å². The van der Waals surface area contributed by atoms with Crippen LogP contribution in [0.3, 0.4) is 0 Å². The molecule has 1 unspecified atom stereocenters. The van der Waals surface area contributed by atoms with E-state index >= 15 is 0 Å². The molecule has 0 aliphatic heterocycles. The Balaban J connectivity index is 2.34. The van der Waals surface area contributed by atoms with Crippen LogP contribution in [-0.2, 0) is 0 Å². The summed E-state index contributed by atoms with van der Waals surface area (Å²) >= 11 is 0. The van der Waals surface area contributed by atoms with Gasteiger partial charge in [-0.15, -0.1) is 0 Å². The summed E-state index contributed by atoms with van der Waals surface area (Å²) in [5.74, 6) is -1.42. The average molecular weight is 343 g/mol. The summed E-state index contributed by atoms with van der Waals surface area (Å²) < 4.78 is 28.2. The highest BCUT2D eigenvalue weighted by Gasteiger charge is 2.22. The maximum absolute atomic E-state index is 14.1. The number of rotatable bonds is 6. The zero-order valence-electron chi connectivity index (χ0n) is 14.3. The van der Waals surface area contributed by atoms with Gasteiger partial charge in [-0.1, -0.05) is 6.07 Å². The Labute approximate surface area is 145 Å². The summed E-state index contributed by atoms with van der Waals surface area (Å²) in [6.45, 7) is 1.59. The normalized spacial score (nSPS) is 11.9. The van der Waals surface area contributed by atoms with E-state index in [0.717, 1.165) is 0 Å². The van der Waals surface area contributed by atoms with Gasteiger partial charge in [-0.2, -0.15) is 5.26 Å². The first-order chi connectivity index (χ1) is 11.8. The number of halogens is 2. The van der Waals surface area contributed by atoms with Crippen molar-refractivity contribution in [2.24, 2.45) is 0 Å². The van der Waals surface area contributed by atoms with Gasteiger partial charge in [0, 0.05) is 23.4 Å². The number of nitrogens with zero attached hydrogens (tertiary/aromatic N) is 2. The fourth-order valence-electron chi connectivity index (χ4n) is 2.65. The van der Waals surface area contributed by atoms with Crippen LogP contribution in [0.2, 0.25) is 0 Å². The molecule has 1 atom stereocenters. The Kier molecular flexibility index (Phi) is 5.84. The fourth-order valence-corrected chi connectivity index (χ4v) is 2.65. The first-order valence-corrected chi connectivity index (χ1v) is 7.74. The smallest absolute Gasteiger partial charge is 0.161 e. The predicted octanol–water partition coefficient (Wildman–Crippen LogP) is 3.75. The lowest BCUT2D eigenvalue weighted by atomic mass is 10.0. The van der Waals surface area contributed by atoms with E-state index in [9.17, 15) is 13.6 Å². The zero-order valence-corrected chi connectivity index (χ0v) is 14.3. The third-order valence-corrected chi connectivity index (χ3v) is 3.97. The lowest BCUT2D eigenvalue weighted by Crippen LogP contribution is -2.29. The molecule has 4 nitrogen and oxygen atoms in total. The van der Waals surface area contributed by atoms with E-state index in [-0.39, 0.29) is 17.9 Å². The molecule has 0 aliphatic rings. The van der Waals surface area contributed by atoms with Crippen molar-refractivity contribution < 1.29 is 13.6 Å². The van der Waals surface area contributed by atoms with E-state index in [1.54, 1.807) is 37.2 Å². The number of ketones is 1. The molecule has 0 saturated carbocycles. The summed E-state index contributed by atoms with van der Waals surface area (Å²) in [4.78, 5) is 13.5. The first-order valence-electron chi connectivity index (χ1n) is 7.74. The number of hydrogen-bond acceptors (Lipinski definition) is 4. The van der Waals surface area contributed by atoms with Crippen molar-refractivity contribution in [2.75, 3.05) is 26.0 Å². The molecular formula is C19H19F2N3O. The molecule has 130 valence electrons. The second-order valence-electron chi connectivity index (χ2n) is 5.92. The highest BCUT2D eigenvalue weighted by Crippen LogP contribution is 2.26. The Morgan fingerprint density at radius 1 is 1.24 bits per heavy atom. The molecule has 0 saturated heterocycles. The van der Waals surface area contributed by atoms with Crippen molar-refractivity contribution >= 4 is 11.5 Å². The van der Waals surface area contributed by atoms with Gasteiger partial charge in [0.15, 0.2) is 5.78 Å². The van der Waals surface area contributed by atoms with Crippen LogP contribution in [0.25, 0.3) is 0 Å². The van der Waals surface area contributed by atoms with Crippen LogP contribution in [0.5, 0.6) is 0 Å². The van der Waals surface area contributed by atoms with Crippen LogP contribution in [0.1, 0.15) is 34.5 Å². The Morgan fingerprint density at radius 2 is 1.88 bits per heavy atom. The topological polar surface area (TPSA) is 56.1 Å². The fraction of sp³-hybridized carbons (Fsp3) is 0.263. The molecule has 0 spiro atoms. The number of anilines is 1. The lowest BCUT2D eigenvalue weighted by Gasteiger charge is -2.26. The van der Waals surface area contributed by atoms with Gasteiger partial charge in [-0.3, -0.25) is 4.79 Å². The quantitative estimate of drug-likeness (QED) is 0.812. The minimum atomic E-state index is -0.627. The van der Waals surface area contributed by atoms with Crippen molar-refractivity contribution in [1.82, 2.24) is 4.90 Å². The van der Waals surface area contributed by atoms with E-state index in [1.165, 1.54) is 25.1 Å². The Bertz CT molecular complexity index is 808. The van der Waals surface area contributed by atoms with Gasteiger partial charge in [0.2, 0.25) is 0 Å². The monoisotopic (exact) mass is 343 g/mol. The van der Waals surface area contributed by atoms with Crippen molar-refractivity contribution in [2.45, 2.75) is 13.0 Å². The van der Waals surface area contributed by atoms with Crippen LogP contribution in [0.15, 0.2) is 36.4 Å². The summed E-state index contributed by atoms with van der Waals surface area (Å²) in [7, 11) is 3.44. The van der Waals surface area contributed by atoms with E-state index < -0.39 is 17.7 Å². The van der Waals surface area contributed by atoms with Crippen LogP contribution >= 0.6 is 0 Å². The molecule has 2 aromatic carbocycles. The molecule has 0 radical (unpaired) electrons. The number of nitrogens with one attached hydrogen (secondary N) is 1. The average Bonchev–Trinajstić information content (AvgIpc) is 2.56. The van der Waals surface area contributed by atoms with Crippen molar-refractivity contribution in [3.63, 3.8) is 0 Å². The highest BCUT2D eigenvalue weighted by molar-refractivity contribution is 5.99. The van der Waals surface area contributed by atoms with Gasteiger partial charge in [0.05, 0.1) is 17.7 Å². The number of carbonyl (C=O) groups excluding carboxylic acids is 1. The van der Waals surface area contributed by atoms with Gasteiger partial charge in [0.25, 0.3) is 0 Å². The number of Topliss-reactive ketones (excluding diaryl/α,β-unsaturated/α-hetero) is 1. The molecule has 0 aromatic heterocycles. The van der Waals surface area contributed by atoms with Gasteiger partial charge in [0.1, 0.15) is 11.6 Å². The Hall–Kier alpha value is -2.78. The van der Waals surface area contributed by atoms with Crippen molar-refractivity contribution in [1.29, 1.82) is 5.26 Å². The maximum Gasteiger partial charge on any atom is 0.161 e. The highest BCUT2D eigenvalue weighted by atomic mass is 19.1. The van der Waals surface area contributed by atoms with Gasteiger partial charge >= 0.3 is 0 Å². The van der Waals surface area contributed by atoms with E-state index in [0.29, 0.717) is 16.8 Å². The molecule has 2 aromatic rings. The summed E-state index contributed by atoms with van der Waals surface area (Å²) in [6, 6.07) is 9.85. The summed E-state index contributed by atoms with van der Waals surface area (Å²) in [6.07, 6.45) is 0. The number of carbonyl (C=O) groups is 1. The van der Waals surface area contributed by atoms with E-state index in [4.69, 9.17) is 5.26 Å². The molecule has 0 amide bonds.